The maximum absolute atomic E-state index is 12.6. The first-order chi connectivity index (χ1) is 15.3. The van der Waals surface area contributed by atoms with Crippen molar-refractivity contribution in [3.05, 3.63) is 50.7 Å². The molecular formula is C21H29N7O4. The lowest BCUT2D eigenvalue weighted by atomic mass is 10.2. The second kappa shape index (κ2) is 9.15. The van der Waals surface area contributed by atoms with Gasteiger partial charge in [-0.25, -0.2) is 9.80 Å². The van der Waals surface area contributed by atoms with E-state index in [0.29, 0.717) is 11.7 Å². The molecule has 11 nitrogen and oxygen atoms in total. The predicted molar refractivity (Wildman–Crippen MR) is 121 cm³/mol. The standard InChI is InChI=1S/C21H29N7O4/c1-14-5-4-6-16(11-14)32-13-15(29)12-28-17-18(26(3)21(31)23-19(17)30)22-20(28)24-27-9-7-25(2)8-10-27/h4-6,11,15,29H,7-10,12-13H2,1-3H3,(H,22,24)(H,23,30,31). The van der Waals surface area contributed by atoms with Crippen molar-refractivity contribution >= 4 is 17.1 Å². The number of nitrogens with one attached hydrogen (secondary N) is 2. The van der Waals surface area contributed by atoms with E-state index in [4.69, 9.17) is 4.74 Å². The molecule has 32 heavy (non-hydrogen) atoms. The molecule has 3 aromatic rings. The highest BCUT2D eigenvalue weighted by Crippen LogP contribution is 2.18. The van der Waals surface area contributed by atoms with Crippen LogP contribution in [0.1, 0.15) is 5.56 Å². The molecule has 1 aliphatic heterocycles. The lowest BCUT2D eigenvalue weighted by molar-refractivity contribution is 0.0933. The third-order valence-corrected chi connectivity index (χ3v) is 5.59. The second-order valence-corrected chi connectivity index (χ2v) is 8.22. The van der Waals surface area contributed by atoms with Gasteiger partial charge < -0.3 is 19.3 Å². The van der Waals surface area contributed by atoms with Crippen LogP contribution in [0.3, 0.4) is 0 Å². The van der Waals surface area contributed by atoms with E-state index >= 15 is 0 Å². The highest BCUT2D eigenvalue weighted by Gasteiger charge is 2.22. The van der Waals surface area contributed by atoms with Gasteiger partial charge in [-0.15, -0.1) is 0 Å². The molecule has 0 amide bonds. The van der Waals surface area contributed by atoms with Crippen molar-refractivity contribution < 1.29 is 9.84 Å². The van der Waals surface area contributed by atoms with Crippen LogP contribution in [0.2, 0.25) is 0 Å². The summed E-state index contributed by atoms with van der Waals surface area (Å²) < 4.78 is 8.62. The first-order valence-electron chi connectivity index (χ1n) is 10.6. The van der Waals surface area contributed by atoms with Crippen molar-refractivity contribution in [2.45, 2.75) is 19.6 Å². The van der Waals surface area contributed by atoms with Crippen molar-refractivity contribution in [1.29, 1.82) is 0 Å². The fourth-order valence-corrected chi connectivity index (χ4v) is 3.72. The lowest BCUT2D eigenvalue weighted by Gasteiger charge is -2.32. The van der Waals surface area contributed by atoms with Gasteiger partial charge in [0.25, 0.3) is 5.56 Å². The van der Waals surface area contributed by atoms with Gasteiger partial charge in [0.2, 0.25) is 5.95 Å². The maximum Gasteiger partial charge on any atom is 0.329 e. The summed E-state index contributed by atoms with van der Waals surface area (Å²) in [4.78, 5) is 33.7. The summed E-state index contributed by atoms with van der Waals surface area (Å²) in [7, 11) is 3.61. The van der Waals surface area contributed by atoms with Crippen LogP contribution in [0.15, 0.2) is 33.9 Å². The van der Waals surface area contributed by atoms with Crippen molar-refractivity contribution in [3.63, 3.8) is 0 Å². The molecule has 1 aliphatic rings. The van der Waals surface area contributed by atoms with Crippen LogP contribution >= 0.6 is 0 Å². The monoisotopic (exact) mass is 443 g/mol. The molecule has 1 atom stereocenters. The summed E-state index contributed by atoms with van der Waals surface area (Å²) in [5.74, 6) is 1.06. The fraction of sp³-hybridized carbons (Fsp3) is 0.476. The molecule has 1 unspecified atom stereocenters. The Hall–Kier alpha value is -3.15. The summed E-state index contributed by atoms with van der Waals surface area (Å²) in [6, 6.07) is 7.57. The number of nitrogens with zero attached hydrogens (tertiary/aromatic N) is 5. The number of anilines is 1. The minimum absolute atomic E-state index is 0.0424. The Bertz CT molecular complexity index is 1210. The first-order valence-corrected chi connectivity index (χ1v) is 10.6. The molecule has 1 saturated heterocycles. The zero-order valence-electron chi connectivity index (χ0n) is 18.5. The summed E-state index contributed by atoms with van der Waals surface area (Å²) >= 11 is 0. The Labute approximate surface area is 184 Å². The van der Waals surface area contributed by atoms with Crippen molar-refractivity contribution in [3.8, 4) is 5.75 Å². The number of piperazine rings is 1. The molecule has 172 valence electrons. The first kappa shape index (κ1) is 22.1. The van der Waals surface area contributed by atoms with E-state index in [1.165, 1.54) is 4.57 Å². The van der Waals surface area contributed by atoms with Gasteiger partial charge in [-0.1, -0.05) is 12.1 Å². The molecule has 3 heterocycles. The highest BCUT2D eigenvalue weighted by molar-refractivity contribution is 5.74. The number of hydrazine groups is 1. The van der Waals surface area contributed by atoms with Gasteiger partial charge in [0.1, 0.15) is 18.5 Å². The molecule has 0 bridgehead atoms. The van der Waals surface area contributed by atoms with Crippen LogP contribution < -0.4 is 21.4 Å². The molecule has 3 N–H and O–H groups in total. The fourth-order valence-electron chi connectivity index (χ4n) is 3.72. The smallest absolute Gasteiger partial charge is 0.329 e. The molecule has 1 fully saturated rings. The van der Waals surface area contributed by atoms with Gasteiger partial charge in [0.15, 0.2) is 11.2 Å². The van der Waals surface area contributed by atoms with Gasteiger partial charge >= 0.3 is 5.69 Å². The zero-order valence-corrected chi connectivity index (χ0v) is 18.5. The topological polar surface area (TPSA) is 121 Å². The minimum Gasteiger partial charge on any atom is -0.491 e. The van der Waals surface area contributed by atoms with E-state index in [1.54, 1.807) is 11.6 Å². The zero-order chi connectivity index (χ0) is 22.8. The number of aromatic amines is 1. The van der Waals surface area contributed by atoms with Crippen LogP contribution in [0, 0.1) is 6.92 Å². The quantitative estimate of drug-likeness (QED) is 0.457. The van der Waals surface area contributed by atoms with Crippen molar-refractivity contribution in [2.24, 2.45) is 7.05 Å². The SMILES string of the molecule is Cc1cccc(OCC(O)Cn2c(NN3CCN(C)CC3)nc3c2c(=O)[nH]c(=O)n3C)c1. The number of rotatable bonds is 7. The number of benzene rings is 1. The molecule has 11 heteroatoms. The Morgan fingerprint density at radius 3 is 2.69 bits per heavy atom. The number of H-pyrrole nitrogens is 1. The molecule has 0 spiro atoms. The number of aliphatic hydroxyl groups is 1. The van der Waals surface area contributed by atoms with E-state index in [9.17, 15) is 14.7 Å². The average Bonchev–Trinajstić information content (AvgIpc) is 3.11. The van der Waals surface area contributed by atoms with Crippen LogP contribution in [-0.2, 0) is 13.6 Å². The van der Waals surface area contributed by atoms with Gasteiger partial charge in [-0.2, -0.15) is 4.98 Å². The van der Waals surface area contributed by atoms with E-state index in [0.717, 1.165) is 31.7 Å². The number of fused-ring (bicyclic) bond motifs is 1. The number of hydrogen-bond donors (Lipinski definition) is 3. The maximum atomic E-state index is 12.6. The number of ether oxygens (including phenoxy) is 1. The molecule has 2 aromatic heterocycles. The normalized spacial score (nSPS) is 16.4. The van der Waals surface area contributed by atoms with Crippen LogP contribution in [0.4, 0.5) is 5.95 Å². The number of aryl methyl sites for hydroxylation is 2. The Kier molecular flexibility index (Phi) is 6.31. The summed E-state index contributed by atoms with van der Waals surface area (Å²) in [6.07, 6.45) is -0.905. The van der Waals surface area contributed by atoms with Gasteiger partial charge in [0.05, 0.1) is 6.54 Å². The Morgan fingerprint density at radius 1 is 1.22 bits per heavy atom. The number of aliphatic hydroxyl groups excluding tert-OH is 1. The molecule has 1 aromatic carbocycles. The largest absolute Gasteiger partial charge is 0.491 e. The highest BCUT2D eigenvalue weighted by atomic mass is 16.5. The van der Waals surface area contributed by atoms with Crippen LogP contribution in [0.25, 0.3) is 11.2 Å². The molecular weight excluding hydrogens is 414 g/mol. The Morgan fingerprint density at radius 2 is 1.97 bits per heavy atom. The van der Waals surface area contributed by atoms with Crippen molar-refractivity contribution in [2.75, 3.05) is 45.3 Å². The predicted octanol–water partition coefficient (Wildman–Crippen LogP) is -0.254. The molecule has 0 saturated carbocycles. The van der Waals surface area contributed by atoms with Crippen molar-refractivity contribution in [1.82, 2.24) is 29.0 Å². The lowest BCUT2D eigenvalue weighted by Crippen LogP contribution is -2.47. The average molecular weight is 444 g/mol. The van der Waals surface area contributed by atoms with Gasteiger partial charge in [0, 0.05) is 33.2 Å². The number of aromatic nitrogens is 4. The number of hydrogen-bond acceptors (Lipinski definition) is 8. The molecule has 4 rings (SSSR count). The summed E-state index contributed by atoms with van der Waals surface area (Å²) in [5, 5.41) is 12.7. The Balaban J connectivity index is 1.61. The van der Waals surface area contributed by atoms with Gasteiger partial charge in [-0.3, -0.25) is 19.8 Å². The van der Waals surface area contributed by atoms with Gasteiger partial charge in [-0.05, 0) is 31.7 Å². The van der Waals surface area contributed by atoms with Crippen LogP contribution in [0.5, 0.6) is 5.75 Å². The molecule has 0 aliphatic carbocycles. The number of likely N-dealkylation sites (N-methyl/N-ethyl adjacent to an activating group) is 1. The molecule has 0 radical (unpaired) electrons. The van der Waals surface area contributed by atoms with E-state index in [-0.39, 0.29) is 24.3 Å². The summed E-state index contributed by atoms with van der Waals surface area (Å²) in [5.41, 5.74) is 3.70. The third-order valence-electron chi connectivity index (χ3n) is 5.59. The van der Waals surface area contributed by atoms with E-state index < -0.39 is 17.4 Å². The summed E-state index contributed by atoms with van der Waals surface area (Å²) in [6.45, 7) is 5.40. The number of imidazole rings is 1. The van der Waals surface area contributed by atoms with Crippen LogP contribution in [-0.4, -0.2) is 80.1 Å². The third kappa shape index (κ3) is 4.69. The van der Waals surface area contributed by atoms with E-state index in [1.807, 2.05) is 36.2 Å². The minimum atomic E-state index is -0.905. The second-order valence-electron chi connectivity index (χ2n) is 8.22. The van der Waals surface area contributed by atoms with E-state index in [2.05, 4.69) is 27.3 Å².